The maximum Gasteiger partial charge on any atom is 0.373 e. The third-order valence-corrected chi connectivity index (χ3v) is 4.55. The number of allylic oxidation sites excluding steroid dienone is 1. The van der Waals surface area contributed by atoms with Gasteiger partial charge in [0.15, 0.2) is 11.5 Å². The van der Waals surface area contributed by atoms with E-state index in [0.717, 1.165) is 12.7 Å². The summed E-state index contributed by atoms with van der Waals surface area (Å²) < 4.78 is 15.4. The first-order chi connectivity index (χ1) is 14.5. The Morgan fingerprint density at radius 1 is 1.20 bits per heavy atom. The second kappa shape index (κ2) is 7.66. The minimum Gasteiger partial charge on any atom is -0.502 e. The van der Waals surface area contributed by atoms with Crippen molar-refractivity contribution in [3.05, 3.63) is 75.0 Å². The smallest absolute Gasteiger partial charge is 0.373 e. The predicted molar refractivity (Wildman–Crippen MR) is 105 cm³/mol. The number of non-ortho nitro benzene ring substituents is 1. The molecule has 1 N–H and O–H groups in total. The van der Waals surface area contributed by atoms with Crippen LogP contribution in [0.25, 0.3) is 0 Å². The number of nitrogens with zero attached hydrogens (tertiary/aromatic N) is 3. The molecule has 2 aliphatic rings. The number of carbonyl (C=O) groups is 1. The van der Waals surface area contributed by atoms with Crippen molar-refractivity contribution in [1.82, 2.24) is 0 Å². The highest BCUT2D eigenvalue weighted by Crippen LogP contribution is 2.37. The van der Waals surface area contributed by atoms with Gasteiger partial charge in [0.1, 0.15) is 5.71 Å². The van der Waals surface area contributed by atoms with Crippen LogP contribution in [0.1, 0.15) is 16.7 Å². The predicted octanol–water partition coefficient (Wildman–Crippen LogP) is 2.69. The number of esters is 1. The molecule has 0 aromatic heterocycles. The van der Waals surface area contributed by atoms with E-state index in [0.29, 0.717) is 34.0 Å². The third kappa shape index (κ3) is 3.58. The van der Waals surface area contributed by atoms with Gasteiger partial charge >= 0.3 is 5.97 Å². The van der Waals surface area contributed by atoms with Gasteiger partial charge in [-0.05, 0) is 29.8 Å². The number of hydrogen-bond acceptors (Lipinski definition) is 9. The van der Waals surface area contributed by atoms with Gasteiger partial charge in [-0.2, -0.15) is 5.10 Å². The second-order valence-corrected chi connectivity index (χ2v) is 6.40. The fourth-order valence-electron chi connectivity index (χ4n) is 3.10. The van der Waals surface area contributed by atoms with Crippen molar-refractivity contribution < 1.29 is 29.0 Å². The van der Waals surface area contributed by atoms with Crippen molar-refractivity contribution in [2.24, 2.45) is 10.2 Å². The van der Waals surface area contributed by atoms with Crippen molar-refractivity contribution >= 4 is 23.1 Å². The van der Waals surface area contributed by atoms with E-state index in [9.17, 15) is 20.0 Å². The lowest BCUT2D eigenvalue weighted by Gasteiger charge is -2.11. The summed E-state index contributed by atoms with van der Waals surface area (Å²) in [6.45, 7) is 0.0895. The molecule has 0 amide bonds. The van der Waals surface area contributed by atoms with E-state index in [4.69, 9.17) is 9.47 Å². The van der Waals surface area contributed by atoms with Crippen LogP contribution in [0.2, 0.25) is 0 Å². The minimum absolute atomic E-state index is 0.0472. The number of aliphatic hydroxyl groups excluding tert-OH is 1. The van der Waals surface area contributed by atoms with Crippen LogP contribution in [0.3, 0.4) is 0 Å². The average molecular weight is 409 g/mol. The van der Waals surface area contributed by atoms with E-state index in [1.165, 1.54) is 18.2 Å². The number of nitro groups is 1. The Hall–Kier alpha value is -4.21. The molecule has 0 atom stereocenters. The van der Waals surface area contributed by atoms with Gasteiger partial charge < -0.3 is 19.3 Å². The van der Waals surface area contributed by atoms with Crippen molar-refractivity contribution in [3.8, 4) is 11.5 Å². The molecule has 2 aromatic rings. The molecule has 2 aromatic carbocycles. The van der Waals surface area contributed by atoms with Crippen molar-refractivity contribution in [2.75, 3.05) is 13.9 Å². The Labute approximate surface area is 169 Å². The van der Waals surface area contributed by atoms with Crippen LogP contribution in [0.15, 0.2) is 58.4 Å². The van der Waals surface area contributed by atoms with Crippen molar-refractivity contribution in [1.29, 1.82) is 0 Å². The van der Waals surface area contributed by atoms with Crippen molar-refractivity contribution in [2.45, 2.75) is 6.42 Å². The summed E-state index contributed by atoms with van der Waals surface area (Å²) >= 11 is 0. The Kier molecular flexibility index (Phi) is 4.88. The molecule has 0 bridgehead atoms. The Bertz CT molecular complexity index is 1130. The summed E-state index contributed by atoms with van der Waals surface area (Å²) in [7, 11) is 1.15. The van der Waals surface area contributed by atoms with Gasteiger partial charge in [0.25, 0.3) is 5.69 Å². The highest BCUT2D eigenvalue weighted by Gasteiger charge is 2.24. The SMILES string of the molecule is COC(=O)C(O)=CC1=NN=C(c2ccc([N+](=O)[O-])cc2)c2cc3c(cc2C1)OCO3. The zero-order chi connectivity index (χ0) is 21.3. The van der Waals surface area contributed by atoms with Gasteiger partial charge in [0.05, 0.1) is 17.7 Å². The van der Waals surface area contributed by atoms with E-state index in [1.54, 1.807) is 24.3 Å². The zero-order valence-corrected chi connectivity index (χ0v) is 15.7. The number of ether oxygens (including phenoxy) is 3. The summed E-state index contributed by atoms with van der Waals surface area (Å²) in [5.41, 5.74) is 2.79. The zero-order valence-electron chi connectivity index (χ0n) is 15.7. The Morgan fingerprint density at radius 2 is 1.90 bits per heavy atom. The number of hydrogen-bond donors (Lipinski definition) is 1. The molecule has 0 spiro atoms. The van der Waals surface area contributed by atoms with Gasteiger partial charge in [0.2, 0.25) is 12.6 Å². The van der Waals surface area contributed by atoms with Crippen LogP contribution in [0.5, 0.6) is 11.5 Å². The van der Waals surface area contributed by atoms with E-state index in [-0.39, 0.29) is 18.9 Å². The summed E-state index contributed by atoms with van der Waals surface area (Å²) in [5.74, 6) is -0.404. The largest absolute Gasteiger partial charge is 0.502 e. The molecule has 0 fully saturated rings. The lowest BCUT2D eigenvalue weighted by atomic mass is 9.94. The molecule has 4 rings (SSSR count). The maximum atomic E-state index is 11.5. The molecule has 0 saturated carbocycles. The molecule has 2 aliphatic heterocycles. The highest BCUT2D eigenvalue weighted by molar-refractivity contribution is 6.16. The normalized spacial score (nSPS) is 14.9. The quantitative estimate of drug-likeness (QED) is 0.270. The Balaban J connectivity index is 1.82. The lowest BCUT2D eigenvalue weighted by molar-refractivity contribution is -0.384. The maximum absolute atomic E-state index is 11.5. The van der Waals surface area contributed by atoms with Gasteiger partial charge in [0, 0.05) is 35.8 Å². The van der Waals surface area contributed by atoms with Crippen LogP contribution in [0, 0.1) is 10.1 Å². The van der Waals surface area contributed by atoms with E-state index in [2.05, 4.69) is 14.9 Å². The number of rotatable bonds is 4. The van der Waals surface area contributed by atoms with Gasteiger partial charge in [-0.1, -0.05) is 0 Å². The Morgan fingerprint density at radius 3 is 2.57 bits per heavy atom. The van der Waals surface area contributed by atoms with Gasteiger partial charge in [-0.15, -0.1) is 5.10 Å². The van der Waals surface area contributed by atoms with Crippen molar-refractivity contribution in [3.63, 3.8) is 0 Å². The molecule has 0 saturated heterocycles. The summed E-state index contributed by atoms with van der Waals surface area (Å²) in [4.78, 5) is 22.0. The lowest BCUT2D eigenvalue weighted by Crippen LogP contribution is -2.09. The molecular formula is C20H15N3O7. The average Bonchev–Trinajstić information content (AvgIpc) is 3.13. The van der Waals surface area contributed by atoms with Crippen LogP contribution in [-0.2, 0) is 16.0 Å². The second-order valence-electron chi connectivity index (χ2n) is 6.40. The summed E-state index contributed by atoms with van der Waals surface area (Å²) in [6.07, 6.45) is 1.43. The molecule has 0 radical (unpaired) electrons. The first-order valence-corrected chi connectivity index (χ1v) is 8.77. The highest BCUT2D eigenvalue weighted by atomic mass is 16.7. The molecule has 0 unspecified atom stereocenters. The number of fused-ring (bicyclic) bond motifs is 2. The fourth-order valence-corrected chi connectivity index (χ4v) is 3.10. The fraction of sp³-hybridized carbons (Fsp3) is 0.150. The number of carbonyl (C=O) groups excluding carboxylic acids is 1. The number of aliphatic hydroxyl groups is 1. The van der Waals surface area contributed by atoms with E-state index < -0.39 is 16.7 Å². The van der Waals surface area contributed by atoms with Crippen LogP contribution >= 0.6 is 0 Å². The molecular weight excluding hydrogens is 394 g/mol. The number of nitro benzene ring substituents is 1. The molecule has 30 heavy (non-hydrogen) atoms. The first kappa shape index (κ1) is 19.1. The third-order valence-electron chi connectivity index (χ3n) is 4.55. The molecule has 2 heterocycles. The van der Waals surface area contributed by atoms with Crippen LogP contribution in [-0.4, -0.2) is 41.3 Å². The van der Waals surface area contributed by atoms with Gasteiger partial charge in [-0.3, -0.25) is 10.1 Å². The molecule has 0 aliphatic carbocycles. The van der Waals surface area contributed by atoms with Crippen LogP contribution < -0.4 is 9.47 Å². The van der Waals surface area contributed by atoms with Crippen LogP contribution in [0.4, 0.5) is 5.69 Å². The number of benzene rings is 2. The number of methoxy groups -OCH3 is 1. The summed E-state index contributed by atoms with van der Waals surface area (Å²) in [6, 6.07) is 9.45. The summed E-state index contributed by atoms with van der Waals surface area (Å²) in [5, 5.41) is 29.3. The first-order valence-electron chi connectivity index (χ1n) is 8.77. The van der Waals surface area contributed by atoms with E-state index in [1.807, 2.05) is 0 Å². The molecule has 10 nitrogen and oxygen atoms in total. The molecule has 152 valence electrons. The monoisotopic (exact) mass is 409 g/mol. The minimum atomic E-state index is -0.896. The molecule has 10 heteroatoms. The topological polar surface area (TPSA) is 133 Å². The van der Waals surface area contributed by atoms with E-state index >= 15 is 0 Å². The standard InChI is InChI=1S/C20H15N3O7/c1-28-20(25)16(24)8-13-6-12-7-17-18(30-10-29-17)9-15(12)19(22-21-13)11-2-4-14(5-3-11)23(26)27/h2-5,7-9,24H,6,10H2,1H3. The van der Waals surface area contributed by atoms with Gasteiger partial charge in [-0.25, -0.2) is 4.79 Å².